The van der Waals surface area contributed by atoms with Crippen molar-refractivity contribution in [2.75, 3.05) is 12.4 Å². The number of rotatable bonds is 4. The average molecular weight is 259 g/mol. The first-order valence-corrected chi connectivity index (χ1v) is 5.59. The van der Waals surface area contributed by atoms with Crippen molar-refractivity contribution in [3.05, 3.63) is 41.5 Å². The standard InChI is InChI=1S/C13H13N3O3/c1-8-5-3-4-6-10(8)14-12-9(13(17)18)7-11(19-2)15-16-12/h3-7H,1-2H3,(H,14,16)(H,17,18). The molecule has 0 saturated carbocycles. The molecule has 0 unspecified atom stereocenters. The van der Waals surface area contributed by atoms with Crippen molar-refractivity contribution < 1.29 is 14.6 Å². The molecule has 98 valence electrons. The Kier molecular flexibility index (Phi) is 3.61. The van der Waals surface area contributed by atoms with Gasteiger partial charge in [0, 0.05) is 11.8 Å². The van der Waals surface area contributed by atoms with Crippen LogP contribution >= 0.6 is 0 Å². The van der Waals surface area contributed by atoms with Gasteiger partial charge >= 0.3 is 5.97 Å². The van der Waals surface area contributed by atoms with Crippen LogP contribution < -0.4 is 10.1 Å². The maximum Gasteiger partial charge on any atom is 0.339 e. The predicted molar refractivity (Wildman–Crippen MR) is 70.0 cm³/mol. The lowest BCUT2D eigenvalue weighted by Crippen LogP contribution is -2.07. The van der Waals surface area contributed by atoms with Crippen molar-refractivity contribution in [2.24, 2.45) is 0 Å². The SMILES string of the molecule is COc1cc(C(=O)O)c(Nc2ccccc2C)nn1. The summed E-state index contributed by atoms with van der Waals surface area (Å²) in [5.41, 5.74) is 1.77. The van der Waals surface area contributed by atoms with Crippen molar-refractivity contribution >= 4 is 17.5 Å². The van der Waals surface area contributed by atoms with E-state index >= 15 is 0 Å². The summed E-state index contributed by atoms with van der Waals surface area (Å²) >= 11 is 0. The van der Waals surface area contributed by atoms with Crippen molar-refractivity contribution in [3.63, 3.8) is 0 Å². The number of nitrogens with one attached hydrogen (secondary N) is 1. The molecule has 0 saturated heterocycles. The third-order valence-electron chi connectivity index (χ3n) is 2.61. The van der Waals surface area contributed by atoms with Crippen LogP contribution in [0.4, 0.5) is 11.5 Å². The van der Waals surface area contributed by atoms with Crippen LogP contribution in [0.25, 0.3) is 0 Å². The lowest BCUT2D eigenvalue weighted by atomic mass is 10.2. The number of carboxylic acids is 1. The molecule has 0 aliphatic carbocycles. The van der Waals surface area contributed by atoms with Crippen LogP contribution in [0.5, 0.6) is 5.88 Å². The summed E-state index contributed by atoms with van der Waals surface area (Å²) in [7, 11) is 1.41. The van der Waals surface area contributed by atoms with Gasteiger partial charge in [-0.2, -0.15) is 0 Å². The lowest BCUT2D eigenvalue weighted by molar-refractivity contribution is 0.0697. The summed E-state index contributed by atoms with van der Waals surface area (Å²) < 4.78 is 4.87. The first-order chi connectivity index (χ1) is 9.11. The monoisotopic (exact) mass is 259 g/mol. The van der Waals surface area contributed by atoms with Crippen LogP contribution in [0, 0.1) is 6.92 Å². The maximum absolute atomic E-state index is 11.2. The van der Waals surface area contributed by atoms with E-state index in [1.54, 1.807) is 0 Å². The Morgan fingerprint density at radius 1 is 1.32 bits per heavy atom. The van der Waals surface area contributed by atoms with Gasteiger partial charge in [0.1, 0.15) is 5.56 Å². The van der Waals surface area contributed by atoms with E-state index in [1.807, 2.05) is 31.2 Å². The molecule has 0 aliphatic heterocycles. The van der Waals surface area contributed by atoms with E-state index in [2.05, 4.69) is 15.5 Å². The zero-order chi connectivity index (χ0) is 13.8. The molecule has 0 bridgehead atoms. The lowest BCUT2D eigenvalue weighted by Gasteiger charge is -2.10. The Morgan fingerprint density at radius 3 is 2.68 bits per heavy atom. The van der Waals surface area contributed by atoms with Crippen LogP contribution in [0.3, 0.4) is 0 Å². The molecule has 0 spiro atoms. The number of aryl methyl sites for hydroxylation is 1. The van der Waals surface area contributed by atoms with Gasteiger partial charge in [0.2, 0.25) is 5.88 Å². The molecule has 2 aromatic rings. The minimum atomic E-state index is -1.09. The second-order valence-electron chi connectivity index (χ2n) is 3.89. The summed E-state index contributed by atoms with van der Waals surface area (Å²) in [4.78, 5) is 11.2. The topological polar surface area (TPSA) is 84.3 Å². The molecule has 2 N–H and O–H groups in total. The van der Waals surface area contributed by atoms with Crippen LogP contribution in [0.2, 0.25) is 0 Å². The fraction of sp³-hybridized carbons (Fsp3) is 0.154. The van der Waals surface area contributed by atoms with Crippen molar-refractivity contribution in [3.8, 4) is 5.88 Å². The molecule has 0 radical (unpaired) electrons. The van der Waals surface area contributed by atoms with Crippen molar-refractivity contribution in [1.82, 2.24) is 10.2 Å². The molecule has 2 rings (SSSR count). The van der Waals surface area contributed by atoms with E-state index < -0.39 is 5.97 Å². The second-order valence-corrected chi connectivity index (χ2v) is 3.89. The van der Waals surface area contributed by atoms with E-state index in [-0.39, 0.29) is 17.3 Å². The Morgan fingerprint density at radius 2 is 2.05 bits per heavy atom. The number of para-hydroxylation sites is 1. The van der Waals surface area contributed by atoms with Gasteiger partial charge in [-0.3, -0.25) is 0 Å². The van der Waals surface area contributed by atoms with Gasteiger partial charge in [-0.25, -0.2) is 4.79 Å². The average Bonchev–Trinajstić information content (AvgIpc) is 2.41. The van der Waals surface area contributed by atoms with Crippen molar-refractivity contribution in [2.45, 2.75) is 6.92 Å². The molecular formula is C13H13N3O3. The molecule has 6 nitrogen and oxygen atoms in total. The van der Waals surface area contributed by atoms with Crippen LogP contribution in [0.1, 0.15) is 15.9 Å². The number of methoxy groups -OCH3 is 1. The summed E-state index contributed by atoms with van der Waals surface area (Å²) in [5, 5.41) is 19.7. The van der Waals surface area contributed by atoms with E-state index in [9.17, 15) is 4.79 Å². The summed E-state index contributed by atoms with van der Waals surface area (Å²) in [6.07, 6.45) is 0. The molecule has 19 heavy (non-hydrogen) atoms. The number of carbonyl (C=O) groups is 1. The summed E-state index contributed by atoms with van der Waals surface area (Å²) in [6, 6.07) is 8.84. The largest absolute Gasteiger partial charge is 0.480 e. The molecule has 6 heteroatoms. The van der Waals surface area contributed by atoms with Gasteiger partial charge in [-0.1, -0.05) is 18.2 Å². The van der Waals surface area contributed by atoms with Crippen molar-refractivity contribution in [1.29, 1.82) is 0 Å². The number of nitrogens with zero attached hydrogens (tertiary/aromatic N) is 2. The van der Waals surface area contributed by atoms with E-state index in [4.69, 9.17) is 9.84 Å². The van der Waals surface area contributed by atoms with Gasteiger partial charge in [-0.05, 0) is 18.6 Å². The fourth-order valence-corrected chi connectivity index (χ4v) is 1.57. The molecular weight excluding hydrogens is 246 g/mol. The number of hydrogen-bond acceptors (Lipinski definition) is 5. The summed E-state index contributed by atoms with van der Waals surface area (Å²) in [6.45, 7) is 1.92. The number of ether oxygens (including phenoxy) is 1. The van der Waals surface area contributed by atoms with Crippen LogP contribution in [-0.4, -0.2) is 28.4 Å². The highest BCUT2D eigenvalue weighted by molar-refractivity contribution is 5.94. The Bertz CT molecular complexity index is 614. The highest BCUT2D eigenvalue weighted by atomic mass is 16.5. The minimum Gasteiger partial charge on any atom is -0.480 e. The molecule has 0 amide bonds. The zero-order valence-corrected chi connectivity index (χ0v) is 10.5. The number of benzene rings is 1. The second kappa shape index (κ2) is 5.34. The smallest absolute Gasteiger partial charge is 0.339 e. The van der Waals surface area contributed by atoms with E-state index in [1.165, 1.54) is 13.2 Å². The minimum absolute atomic E-state index is 0.00935. The zero-order valence-electron chi connectivity index (χ0n) is 10.5. The Balaban J connectivity index is 2.40. The Labute approximate surface area is 110 Å². The van der Waals surface area contributed by atoms with E-state index in [0.29, 0.717) is 0 Å². The van der Waals surface area contributed by atoms with Gasteiger partial charge in [0.05, 0.1) is 7.11 Å². The van der Waals surface area contributed by atoms with Crippen LogP contribution in [-0.2, 0) is 0 Å². The molecule has 1 aromatic carbocycles. The number of aromatic nitrogens is 2. The Hall–Kier alpha value is -2.63. The molecule has 1 aromatic heterocycles. The molecule has 0 atom stereocenters. The van der Waals surface area contributed by atoms with Gasteiger partial charge in [-0.15, -0.1) is 10.2 Å². The first-order valence-electron chi connectivity index (χ1n) is 5.59. The molecule has 1 heterocycles. The first kappa shape index (κ1) is 12.8. The van der Waals surface area contributed by atoms with Gasteiger partial charge in [0.15, 0.2) is 5.82 Å². The quantitative estimate of drug-likeness (QED) is 0.875. The number of aromatic carboxylic acids is 1. The number of hydrogen-bond donors (Lipinski definition) is 2. The van der Waals surface area contributed by atoms with Gasteiger partial charge in [0.25, 0.3) is 0 Å². The molecule has 0 aliphatic rings. The normalized spacial score (nSPS) is 10.0. The third kappa shape index (κ3) is 2.79. The predicted octanol–water partition coefficient (Wildman–Crippen LogP) is 2.24. The van der Waals surface area contributed by atoms with E-state index in [0.717, 1.165) is 11.3 Å². The highest BCUT2D eigenvalue weighted by Gasteiger charge is 2.15. The van der Waals surface area contributed by atoms with Gasteiger partial charge < -0.3 is 15.2 Å². The summed E-state index contributed by atoms with van der Waals surface area (Å²) in [5.74, 6) is -0.750. The number of carboxylic acid groups (broad SMARTS) is 1. The fourth-order valence-electron chi connectivity index (χ4n) is 1.57. The third-order valence-corrected chi connectivity index (χ3v) is 2.61. The molecule has 0 fully saturated rings. The van der Waals surface area contributed by atoms with Crippen LogP contribution in [0.15, 0.2) is 30.3 Å². The highest BCUT2D eigenvalue weighted by Crippen LogP contribution is 2.22. The maximum atomic E-state index is 11.2. The number of anilines is 2.